The zero-order valence-electron chi connectivity index (χ0n) is 10.2. The largest absolute Gasteiger partial charge is 0.468 e. The molecule has 90 valence electrons. The van der Waals surface area contributed by atoms with Gasteiger partial charge in [-0.15, -0.1) is 0 Å². The number of nitrogens with zero attached hydrogens (tertiary/aromatic N) is 1. The molecule has 1 aromatic heterocycles. The fraction of sp³-hybridized carbons (Fsp3) is 0.692. The van der Waals surface area contributed by atoms with E-state index in [1.54, 1.807) is 0 Å². The molecular formula is C13H22N2O. The minimum absolute atomic E-state index is 0.928. The zero-order valence-corrected chi connectivity index (χ0v) is 10.2. The summed E-state index contributed by atoms with van der Waals surface area (Å²) in [5.74, 6) is 1.11. The molecule has 0 aromatic carbocycles. The van der Waals surface area contributed by atoms with Crippen LogP contribution in [0.4, 0.5) is 0 Å². The van der Waals surface area contributed by atoms with E-state index in [-0.39, 0.29) is 0 Å². The first-order valence-electron chi connectivity index (χ1n) is 6.38. The van der Waals surface area contributed by atoms with E-state index in [0.717, 1.165) is 25.4 Å². The molecule has 1 N–H and O–H groups in total. The molecule has 0 spiro atoms. The number of rotatable bonds is 6. The number of hydrogen-bond acceptors (Lipinski definition) is 3. The van der Waals surface area contributed by atoms with Crippen molar-refractivity contribution in [2.45, 2.75) is 39.3 Å². The van der Waals surface area contributed by atoms with Gasteiger partial charge in [0.05, 0.1) is 12.8 Å². The molecule has 1 aliphatic rings. The van der Waals surface area contributed by atoms with Gasteiger partial charge in [-0.1, -0.05) is 6.92 Å². The monoisotopic (exact) mass is 222 g/mol. The van der Waals surface area contributed by atoms with Gasteiger partial charge in [0, 0.05) is 12.1 Å². The molecule has 2 rings (SSSR count). The Labute approximate surface area is 97.8 Å². The van der Waals surface area contributed by atoms with Crippen LogP contribution >= 0.6 is 0 Å². The topological polar surface area (TPSA) is 28.4 Å². The van der Waals surface area contributed by atoms with E-state index < -0.39 is 0 Å². The molecule has 0 saturated carbocycles. The second-order valence-corrected chi connectivity index (χ2v) is 4.58. The minimum atomic E-state index is 0.928. The predicted molar refractivity (Wildman–Crippen MR) is 65.2 cm³/mol. The average Bonchev–Trinajstić information content (AvgIpc) is 2.91. The van der Waals surface area contributed by atoms with Crippen LogP contribution in [0.2, 0.25) is 0 Å². The Balaban J connectivity index is 1.77. The Morgan fingerprint density at radius 3 is 2.94 bits per heavy atom. The number of hydrogen-bond donors (Lipinski definition) is 1. The molecule has 1 aromatic rings. The summed E-state index contributed by atoms with van der Waals surface area (Å²) >= 11 is 0. The van der Waals surface area contributed by atoms with Crippen molar-refractivity contribution in [3.8, 4) is 0 Å². The van der Waals surface area contributed by atoms with Crippen LogP contribution in [0.3, 0.4) is 0 Å². The van der Waals surface area contributed by atoms with E-state index in [2.05, 4.69) is 23.2 Å². The Morgan fingerprint density at radius 2 is 2.19 bits per heavy atom. The first kappa shape index (κ1) is 11.7. The summed E-state index contributed by atoms with van der Waals surface area (Å²) in [7, 11) is 0. The Bertz CT molecular complexity index is 303. The second-order valence-electron chi connectivity index (χ2n) is 4.58. The summed E-state index contributed by atoms with van der Waals surface area (Å²) < 4.78 is 5.58. The highest BCUT2D eigenvalue weighted by Gasteiger charge is 2.13. The van der Waals surface area contributed by atoms with Gasteiger partial charge >= 0.3 is 0 Å². The summed E-state index contributed by atoms with van der Waals surface area (Å²) in [6.07, 6.45) is 5.74. The number of nitrogens with one attached hydrogen (secondary N) is 1. The van der Waals surface area contributed by atoms with E-state index >= 15 is 0 Å². The van der Waals surface area contributed by atoms with E-state index in [4.69, 9.17) is 4.42 Å². The lowest BCUT2D eigenvalue weighted by Crippen LogP contribution is -2.17. The van der Waals surface area contributed by atoms with Crippen LogP contribution in [0.5, 0.6) is 0 Å². The minimum Gasteiger partial charge on any atom is -0.468 e. The third-order valence-corrected chi connectivity index (χ3v) is 3.04. The SMILES string of the molecule is CCCNCc1coc(CN2CCCC2)c1. The fourth-order valence-electron chi connectivity index (χ4n) is 2.17. The molecule has 0 aliphatic carbocycles. The maximum Gasteiger partial charge on any atom is 0.118 e. The van der Waals surface area contributed by atoms with Gasteiger partial charge in [0.1, 0.15) is 5.76 Å². The maximum absolute atomic E-state index is 5.58. The first-order valence-corrected chi connectivity index (χ1v) is 6.38. The highest BCUT2D eigenvalue weighted by Crippen LogP contribution is 2.14. The second kappa shape index (κ2) is 6.06. The summed E-state index contributed by atoms with van der Waals surface area (Å²) in [6, 6.07) is 2.18. The molecule has 1 fully saturated rings. The Hall–Kier alpha value is -0.800. The van der Waals surface area contributed by atoms with Crippen molar-refractivity contribution in [3.05, 3.63) is 23.7 Å². The van der Waals surface area contributed by atoms with Crippen molar-refractivity contribution in [2.75, 3.05) is 19.6 Å². The van der Waals surface area contributed by atoms with Crippen LogP contribution in [0.25, 0.3) is 0 Å². The van der Waals surface area contributed by atoms with Crippen LogP contribution < -0.4 is 5.32 Å². The van der Waals surface area contributed by atoms with Crippen molar-refractivity contribution >= 4 is 0 Å². The fourth-order valence-corrected chi connectivity index (χ4v) is 2.17. The average molecular weight is 222 g/mol. The van der Waals surface area contributed by atoms with Gasteiger partial charge in [0.2, 0.25) is 0 Å². The molecule has 0 atom stereocenters. The van der Waals surface area contributed by atoms with Crippen molar-refractivity contribution in [3.63, 3.8) is 0 Å². The summed E-state index contributed by atoms with van der Waals surface area (Å²) in [4.78, 5) is 2.46. The molecule has 1 aliphatic heterocycles. The van der Waals surface area contributed by atoms with Crippen molar-refractivity contribution < 1.29 is 4.42 Å². The van der Waals surface area contributed by atoms with Crippen LogP contribution in [-0.2, 0) is 13.1 Å². The quantitative estimate of drug-likeness (QED) is 0.749. The number of furan rings is 1. The summed E-state index contributed by atoms with van der Waals surface area (Å²) in [5.41, 5.74) is 1.27. The van der Waals surface area contributed by atoms with Gasteiger partial charge in [-0.2, -0.15) is 0 Å². The van der Waals surface area contributed by atoms with E-state index in [9.17, 15) is 0 Å². The van der Waals surface area contributed by atoms with E-state index in [0.29, 0.717) is 0 Å². The highest BCUT2D eigenvalue weighted by molar-refractivity contribution is 5.12. The molecule has 3 nitrogen and oxygen atoms in total. The summed E-state index contributed by atoms with van der Waals surface area (Å²) in [5, 5.41) is 3.38. The molecule has 0 radical (unpaired) electrons. The lowest BCUT2D eigenvalue weighted by atomic mass is 10.3. The predicted octanol–water partition coefficient (Wildman–Crippen LogP) is 2.38. The number of likely N-dealkylation sites (tertiary alicyclic amines) is 1. The molecule has 16 heavy (non-hydrogen) atoms. The molecule has 0 unspecified atom stereocenters. The van der Waals surface area contributed by atoms with Gasteiger partial charge in [-0.25, -0.2) is 0 Å². The van der Waals surface area contributed by atoms with Crippen molar-refractivity contribution in [1.82, 2.24) is 10.2 Å². The maximum atomic E-state index is 5.58. The molecule has 0 amide bonds. The van der Waals surface area contributed by atoms with Gasteiger partial charge < -0.3 is 9.73 Å². The smallest absolute Gasteiger partial charge is 0.118 e. The van der Waals surface area contributed by atoms with Gasteiger partial charge in [-0.05, 0) is 45.0 Å². The van der Waals surface area contributed by atoms with Crippen LogP contribution in [0.1, 0.15) is 37.5 Å². The highest BCUT2D eigenvalue weighted by atomic mass is 16.3. The lowest BCUT2D eigenvalue weighted by molar-refractivity contribution is 0.297. The first-order chi connectivity index (χ1) is 7.88. The van der Waals surface area contributed by atoms with Crippen molar-refractivity contribution in [1.29, 1.82) is 0 Å². The lowest BCUT2D eigenvalue weighted by Gasteiger charge is -2.11. The van der Waals surface area contributed by atoms with Gasteiger partial charge in [0.15, 0.2) is 0 Å². The van der Waals surface area contributed by atoms with Gasteiger partial charge in [0.25, 0.3) is 0 Å². The van der Waals surface area contributed by atoms with Crippen LogP contribution in [-0.4, -0.2) is 24.5 Å². The molecular weight excluding hydrogens is 200 g/mol. The normalized spacial score (nSPS) is 17.1. The van der Waals surface area contributed by atoms with Crippen LogP contribution in [0, 0.1) is 0 Å². The molecule has 0 bridgehead atoms. The Morgan fingerprint density at radius 1 is 1.38 bits per heavy atom. The standard InChI is InChI=1S/C13H22N2O/c1-2-5-14-9-12-8-13(16-11-12)10-15-6-3-4-7-15/h8,11,14H,2-7,9-10H2,1H3. The van der Waals surface area contributed by atoms with E-state index in [1.807, 2.05) is 6.26 Å². The molecule has 2 heterocycles. The van der Waals surface area contributed by atoms with E-state index in [1.165, 1.54) is 37.9 Å². The van der Waals surface area contributed by atoms with Crippen molar-refractivity contribution in [2.24, 2.45) is 0 Å². The third kappa shape index (κ3) is 3.35. The van der Waals surface area contributed by atoms with Crippen LogP contribution in [0.15, 0.2) is 16.7 Å². The summed E-state index contributed by atoms with van der Waals surface area (Å²) in [6.45, 7) is 7.62. The third-order valence-electron chi connectivity index (χ3n) is 3.04. The molecule has 3 heteroatoms. The zero-order chi connectivity index (χ0) is 11.2. The molecule has 1 saturated heterocycles. The Kier molecular flexibility index (Phi) is 4.43. The van der Waals surface area contributed by atoms with Gasteiger partial charge in [-0.3, -0.25) is 4.90 Å².